The highest BCUT2D eigenvalue weighted by Gasteiger charge is 2.28. The maximum atomic E-state index is 12.6. The van der Waals surface area contributed by atoms with Gasteiger partial charge in [-0.2, -0.15) is 0 Å². The predicted molar refractivity (Wildman–Crippen MR) is 125 cm³/mol. The normalized spacial score (nSPS) is 15.8. The predicted octanol–water partition coefficient (Wildman–Crippen LogP) is 5.81. The van der Waals surface area contributed by atoms with Crippen LogP contribution in [0.5, 0.6) is 5.75 Å². The molecule has 5 aromatic rings. The Morgan fingerprint density at radius 3 is 2.16 bits per heavy atom. The van der Waals surface area contributed by atoms with Gasteiger partial charge in [0.05, 0.1) is 5.92 Å². The highest BCUT2D eigenvalue weighted by Crippen LogP contribution is 2.34. The summed E-state index contributed by atoms with van der Waals surface area (Å²) in [6.07, 6.45) is 1.62. The van der Waals surface area contributed by atoms with Crippen LogP contribution < -0.4 is 10.4 Å². The van der Waals surface area contributed by atoms with Crippen LogP contribution in [0, 0.1) is 5.92 Å². The van der Waals surface area contributed by atoms with E-state index in [4.69, 9.17) is 9.15 Å². The van der Waals surface area contributed by atoms with Crippen molar-refractivity contribution in [1.29, 1.82) is 0 Å². The van der Waals surface area contributed by atoms with E-state index in [1.165, 1.54) is 0 Å². The molecule has 1 aromatic heterocycles. The third-order valence-electron chi connectivity index (χ3n) is 6.37. The quantitative estimate of drug-likeness (QED) is 0.160. The molecule has 0 bridgehead atoms. The first kappa shape index (κ1) is 18.8. The van der Waals surface area contributed by atoms with Gasteiger partial charge in [0.15, 0.2) is 0 Å². The van der Waals surface area contributed by atoms with Gasteiger partial charge < -0.3 is 9.15 Å². The fraction of sp³-hybridized carbons (Fsp3) is 0.143. The second-order valence-electron chi connectivity index (χ2n) is 8.46. The van der Waals surface area contributed by atoms with Crippen LogP contribution in [0.4, 0.5) is 0 Å². The molecule has 0 saturated carbocycles. The second-order valence-corrected chi connectivity index (χ2v) is 8.46. The number of esters is 1. The van der Waals surface area contributed by atoms with Crippen LogP contribution in [0.25, 0.3) is 32.5 Å². The maximum Gasteiger partial charge on any atom is 0.339 e. The van der Waals surface area contributed by atoms with Crippen molar-refractivity contribution in [2.24, 2.45) is 5.92 Å². The summed E-state index contributed by atoms with van der Waals surface area (Å²) in [5.41, 5.74) is 1.86. The molecular weight excluding hydrogens is 400 g/mol. The Labute approximate surface area is 184 Å². The number of hydrogen-bond acceptors (Lipinski definition) is 4. The van der Waals surface area contributed by atoms with Crippen molar-refractivity contribution < 1.29 is 13.9 Å². The molecule has 32 heavy (non-hydrogen) atoms. The van der Waals surface area contributed by atoms with Crippen molar-refractivity contribution >= 4 is 38.5 Å². The first-order valence-corrected chi connectivity index (χ1v) is 10.8. The van der Waals surface area contributed by atoms with E-state index >= 15 is 0 Å². The summed E-state index contributed by atoms with van der Waals surface area (Å²) in [7, 11) is 0. The maximum absolute atomic E-state index is 12.6. The topological polar surface area (TPSA) is 56.5 Å². The minimum atomic E-state index is -0.344. The lowest BCUT2D eigenvalue weighted by Gasteiger charge is -2.23. The number of rotatable bonds is 3. The molecule has 0 radical (unpaired) electrons. The molecule has 2 heterocycles. The van der Waals surface area contributed by atoms with Crippen molar-refractivity contribution in [1.82, 2.24) is 0 Å². The van der Waals surface area contributed by atoms with Gasteiger partial charge in [-0.3, -0.25) is 4.79 Å². The minimum Gasteiger partial charge on any atom is -0.426 e. The Kier molecular flexibility index (Phi) is 4.32. The average molecular weight is 420 g/mol. The smallest absolute Gasteiger partial charge is 0.339 e. The summed E-state index contributed by atoms with van der Waals surface area (Å²) in [6.45, 7) is 0. The van der Waals surface area contributed by atoms with Crippen LogP contribution in [0.1, 0.15) is 17.5 Å². The minimum absolute atomic E-state index is 0.232. The summed E-state index contributed by atoms with van der Waals surface area (Å²) < 4.78 is 11.2. The number of carbonyl (C=O) groups excluding carboxylic acids is 1. The zero-order chi connectivity index (χ0) is 21.7. The second kappa shape index (κ2) is 7.34. The molecular formula is C28H20O4. The van der Waals surface area contributed by atoms with Crippen LogP contribution in [0.3, 0.4) is 0 Å². The number of carbonyl (C=O) groups is 1. The number of hydrogen-bond donors (Lipinski definition) is 0. The number of ether oxygens (including phenoxy) is 1. The Bertz CT molecular complexity index is 1580. The number of fused-ring (bicyclic) bond motifs is 4. The first-order chi connectivity index (χ1) is 15.6. The molecule has 0 fully saturated rings. The fourth-order valence-electron chi connectivity index (χ4n) is 4.64. The van der Waals surface area contributed by atoms with Crippen molar-refractivity contribution in [2.45, 2.75) is 19.3 Å². The molecule has 0 spiro atoms. The monoisotopic (exact) mass is 420 g/mol. The van der Waals surface area contributed by atoms with E-state index in [0.29, 0.717) is 36.2 Å². The zero-order valence-corrected chi connectivity index (χ0v) is 17.3. The Balaban J connectivity index is 1.27. The van der Waals surface area contributed by atoms with Crippen molar-refractivity contribution in [3.05, 3.63) is 100 Å². The molecule has 1 atom stereocenters. The van der Waals surface area contributed by atoms with Gasteiger partial charge in [0, 0.05) is 10.9 Å². The molecule has 1 aliphatic rings. The van der Waals surface area contributed by atoms with E-state index in [0.717, 1.165) is 32.5 Å². The van der Waals surface area contributed by atoms with Crippen LogP contribution >= 0.6 is 0 Å². The van der Waals surface area contributed by atoms with E-state index in [2.05, 4.69) is 12.1 Å². The highest BCUT2D eigenvalue weighted by atomic mass is 16.5. The summed E-state index contributed by atoms with van der Waals surface area (Å²) >= 11 is 0. The molecule has 0 amide bonds. The van der Waals surface area contributed by atoms with Crippen LogP contribution in [0.15, 0.2) is 88.1 Å². The lowest BCUT2D eigenvalue weighted by Crippen LogP contribution is -2.28. The van der Waals surface area contributed by atoms with E-state index in [1.54, 1.807) is 0 Å². The van der Waals surface area contributed by atoms with Gasteiger partial charge in [0.1, 0.15) is 11.3 Å². The van der Waals surface area contributed by atoms with E-state index in [9.17, 15) is 9.59 Å². The van der Waals surface area contributed by atoms with Crippen LogP contribution in [-0.2, 0) is 17.6 Å². The van der Waals surface area contributed by atoms with Gasteiger partial charge >= 0.3 is 11.6 Å². The Hall–Kier alpha value is -3.92. The van der Waals surface area contributed by atoms with Gasteiger partial charge in [0.25, 0.3) is 0 Å². The Morgan fingerprint density at radius 2 is 1.41 bits per heavy atom. The van der Waals surface area contributed by atoms with E-state index in [1.807, 2.05) is 66.7 Å². The molecule has 4 heteroatoms. The lowest BCUT2D eigenvalue weighted by molar-refractivity contribution is -0.140. The molecule has 4 nitrogen and oxygen atoms in total. The molecule has 156 valence electrons. The molecule has 0 saturated heterocycles. The summed E-state index contributed by atoms with van der Waals surface area (Å²) in [4.78, 5) is 25.2. The molecule has 0 N–H and O–H groups in total. The van der Waals surface area contributed by atoms with Gasteiger partial charge in [0.2, 0.25) is 0 Å². The van der Waals surface area contributed by atoms with Crippen LogP contribution in [0.2, 0.25) is 0 Å². The molecule has 1 aliphatic heterocycles. The van der Waals surface area contributed by atoms with Crippen molar-refractivity contribution in [3.63, 3.8) is 0 Å². The zero-order valence-electron chi connectivity index (χ0n) is 17.3. The van der Waals surface area contributed by atoms with Crippen LogP contribution in [-0.4, -0.2) is 5.97 Å². The molecule has 4 aromatic carbocycles. The SMILES string of the molecule is O=C1Oc2cc3ccccc3cc2CC1CCc1cc2cc3ccccc3cc2oc1=O. The van der Waals surface area contributed by atoms with E-state index < -0.39 is 0 Å². The van der Waals surface area contributed by atoms with E-state index in [-0.39, 0.29) is 17.5 Å². The van der Waals surface area contributed by atoms with Gasteiger partial charge in [-0.05, 0) is 76.7 Å². The van der Waals surface area contributed by atoms with Gasteiger partial charge in [-0.25, -0.2) is 4.79 Å². The standard InChI is InChI=1S/C28H20O4/c29-27-21(13-23-11-17-5-1-3-7-19(17)15-25(23)31-27)9-10-22-14-24-12-18-6-2-4-8-20(18)16-26(24)32-28(22)30/h1-8,11-13,15-16,22H,9-10,14H2. The fourth-order valence-corrected chi connectivity index (χ4v) is 4.64. The third-order valence-corrected chi connectivity index (χ3v) is 6.37. The molecule has 6 rings (SSSR count). The van der Waals surface area contributed by atoms with Crippen molar-refractivity contribution in [3.8, 4) is 5.75 Å². The number of aryl methyl sites for hydroxylation is 1. The highest BCUT2D eigenvalue weighted by molar-refractivity contribution is 5.95. The molecule has 1 unspecified atom stereocenters. The largest absolute Gasteiger partial charge is 0.426 e. The van der Waals surface area contributed by atoms with Gasteiger partial charge in [-0.15, -0.1) is 0 Å². The average Bonchev–Trinajstić information content (AvgIpc) is 2.80. The summed E-state index contributed by atoms with van der Waals surface area (Å²) in [5.74, 6) is 0.126. The first-order valence-electron chi connectivity index (χ1n) is 10.8. The molecule has 0 aliphatic carbocycles. The summed E-state index contributed by atoms with van der Waals surface area (Å²) in [6, 6.07) is 25.9. The van der Waals surface area contributed by atoms with Gasteiger partial charge in [-0.1, -0.05) is 48.5 Å². The third kappa shape index (κ3) is 3.25. The number of benzene rings is 4. The summed E-state index contributed by atoms with van der Waals surface area (Å²) in [5, 5.41) is 5.21. The van der Waals surface area contributed by atoms with Crippen molar-refractivity contribution in [2.75, 3.05) is 0 Å². The lowest BCUT2D eigenvalue weighted by atomic mass is 9.89. The Morgan fingerprint density at radius 1 is 0.750 bits per heavy atom.